The van der Waals surface area contributed by atoms with E-state index in [0.29, 0.717) is 13.0 Å². The lowest BCUT2D eigenvalue weighted by Gasteiger charge is -2.10. The number of carbonyl (C=O) groups excluding carboxylic acids is 1. The highest BCUT2D eigenvalue weighted by Gasteiger charge is 2.10. The van der Waals surface area contributed by atoms with Gasteiger partial charge in [0.15, 0.2) is 0 Å². The molecule has 0 radical (unpaired) electrons. The number of carbonyl (C=O) groups is 1. The molecule has 0 fully saturated rings. The van der Waals surface area contributed by atoms with Crippen molar-refractivity contribution in [3.05, 3.63) is 29.8 Å². The maximum absolute atomic E-state index is 11.6. The minimum absolute atomic E-state index is 0.0533. The summed E-state index contributed by atoms with van der Waals surface area (Å²) in [5.74, 6) is -0.407. The van der Waals surface area contributed by atoms with Gasteiger partial charge in [-0.1, -0.05) is 12.1 Å². The topological polar surface area (TPSA) is 78.8 Å². The van der Waals surface area contributed by atoms with E-state index in [1.54, 1.807) is 12.1 Å². The molecular formula is C12H17NO4. The Morgan fingerprint density at radius 1 is 1.47 bits per heavy atom. The molecule has 0 saturated heterocycles. The molecular weight excluding hydrogens is 222 g/mol. The standard InChI is InChI=1S/C12H17NO4/c1-17-8-9(14)6-7-13-12(16)10-4-2-3-5-11(10)15/h2-5,9,14-15H,6-8H2,1H3,(H,13,16). The summed E-state index contributed by atoms with van der Waals surface area (Å²) in [5.41, 5.74) is 0.230. The van der Waals surface area contributed by atoms with Gasteiger partial charge in [0.1, 0.15) is 5.75 Å². The summed E-state index contributed by atoms with van der Waals surface area (Å²) in [5, 5.41) is 21.4. The molecule has 94 valence electrons. The van der Waals surface area contributed by atoms with Crippen LogP contribution in [0.1, 0.15) is 16.8 Å². The summed E-state index contributed by atoms with van der Waals surface area (Å²) in [4.78, 5) is 11.6. The Labute approximate surface area is 100 Å². The van der Waals surface area contributed by atoms with Crippen LogP contribution < -0.4 is 5.32 Å². The molecule has 0 saturated carbocycles. The van der Waals surface area contributed by atoms with Crippen molar-refractivity contribution < 1.29 is 19.7 Å². The van der Waals surface area contributed by atoms with Crippen LogP contribution in [-0.2, 0) is 4.74 Å². The van der Waals surface area contributed by atoms with Gasteiger partial charge in [-0.2, -0.15) is 0 Å². The molecule has 0 heterocycles. The number of rotatable bonds is 6. The van der Waals surface area contributed by atoms with E-state index in [1.165, 1.54) is 19.2 Å². The van der Waals surface area contributed by atoms with E-state index in [-0.39, 0.29) is 23.8 Å². The second kappa shape index (κ2) is 6.88. The lowest BCUT2D eigenvalue weighted by molar-refractivity contribution is 0.0587. The Bertz CT molecular complexity index is 367. The fourth-order valence-electron chi connectivity index (χ4n) is 1.39. The third-order valence-corrected chi connectivity index (χ3v) is 2.27. The van der Waals surface area contributed by atoms with Crippen LogP contribution in [0.4, 0.5) is 0 Å². The normalized spacial score (nSPS) is 12.1. The van der Waals surface area contributed by atoms with E-state index < -0.39 is 6.10 Å². The number of aromatic hydroxyl groups is 1. The van der Waals surface area contributed by atoms with E-state index >= 15 is 0 Å². The van der Waals surface area contributed by atoms with Crippen molar-refractivity contribution in [2.24, 2.45) is 0 Å². The number of aliphatic hydroxyl groups excluding tert-OH is 1. The first-order valence-corrected chi connectivity index (χ1v) is 5.38. The third-order valence-electron chi connectivity index (χ3n) is 2.27. The first-order valence-electron chi connectivity index (χ1n) is 5.38. The van der Waals surface area contributed by atoms with E-state index in [4.69, 9.17) is 4.74 Å². The number of hydrogen-bond acceptors (Lipinski definition) is 4. The Hall–Kier alpha value is -1.59. The zero-order valence-corrected chi connectivity index (χ0v) is 9.72. The summed E-state index contributed by atoms with van der Waals surface area (Å²) in [6.07, 6.45) is -0.183. The van der Waals surface area contributed by atoms with E-state index in [9.17, 15) is 15.0 Å². The van der Waals surface area contributed by atoms with Gasteiger partial charge >= 0.3 is 0 Å². The zero-order valence-electron chi connectivity index (χ0n) is 9.72. The molecule has 0 aliphatic rings. The number of nitrogens with one attached hydrogen (secondary N) is 1. The van der Waals surface area contributed by atoms with Crippen LogP contribution in [0.25, 0.3) is 0 Å². The SMILES string of the molecule is COCC(O)CCNC(=O)c1ccccc1O. The summed E-state index contributed by atoms with van der Waals surface area (Å²) >= 11 is 0. The van der Waals surface area contributed by atoms with Gasteiger partial charge in [-0.05, 0) is 18.6 Å². The monoisotopic (exact) mass is 239 g/mol. The predicted molar refractivity (Wildman–Crippen MR) is 62.9 cm³/mol. The van der Waals surface area contributed by atoms with Crippen molar-refractivity contribution in [1.82, 2.24) is 5.32 Å². The summed E-state index contributed by atoms with van der Waals surface area (Å²) < 4.78 is 4.76. The highest BCUT2D eigenvalue weighted by molar-refractivity contribution is 5.96. The lowest BCUT2D eigenvalue weighted by Crippen LogP contribution is -2.28. The van der Waals surface area contributed by atoms with Crippen LogP contribution >= 0.6 is 0 Å². The fraction of sp³-hybridized carbons (Fsp3) is 0.417. The average molecular weight is 239 g/mol. The van der Waals surface area contributed by atoms with E-state index in [0.717, 1.165) is 0 Å². The third kappa shape index (κ3) is 4.42. The number of amides is 1. The number of aliphatic hydroxyl groups is 1. The molecule has 0 aliphatic carbocycles. The maximum Gasteiger partial charge on any atom is 0.255 e. The average Bonchev–Trinajstić information content (AvgIpc) is 2.29. The molecule has 17 heavy (non-hydrogen) atoms. The second-order valence-corrected chi connectivity index (χ2v) is 3.67. The van der Waals surface area contributed by atoms with Crippen molar-refractivity contribution in [2.45, 2.75) is 12.5 Å². The zero-order chi connectivity index (χ0) is 12.7. The maximum atomic E-state index is 11.6. The summed E-state index contributed by atoms with van der Waals surface area (Å²) in [6.45, 7) is 0.574. The molecule has 0 spiro atoms. The predicted octanol–water partition coefficient (Wildman–Crippen LogP) is 0.519. The van der Waals surface area contributed by atoms with Crippen LogP contribution in [0.2, 0.25) is 0 Å². The molecule has 1 atom stereocenters. The number of ether oxygens (including phenoxy) is 1. The van der Waals surface area contributed by atoms with Gasteiger partial charge in [-0.25, -0.2) is 0 Å². The largest absolute Gasteiger partial charge is 0.507 e. The molecule has 1 rings (SSSR count). The summed E-state index contributed by atoms with van der Waals surface area (Å²) in [7, 11) is 1.50. The quantitative estimate of drug-likeness (QED) is 0.676. The molecule has 0 aromatic heterocycles. The van der Waals surface area contributed by atoms with Crippen LogP contribution in [0, 0.1) is 0 Å². The Morgan fingerprint density at radius 2 is 2.18 bits per heavy atom. The number of hydrogen-bond donors (Lipinski definition) is 3. The first-order chi connectivity index (χ1) is 8.15. The van der Waals surface area contributed by atoms with Gasteiger partial charge in [0, 0.05) is 13.7 Å². The fourth-order valence-corrected chi connectivity index (χ4v) is 1.39. The Kier molecular flexibility index (Phi) is 5.45. The van der Waals surface area contributed by atoms with Crippen molar-refractivity contribution in [1.29, 1.82) is 0 Å². The van der Waals surface area contributed by atoms with Gasteiger partial charge in [0.25, 0.3) is 5.91 Å². The lowest BCUT2D eigenvalue weighted by atomic mass is 10.2. The molecule has 0 aliphatic heterocycles. The molecule has 0 bridgehead atoms. The minimum atomic E-state index is -0.593. The van der Waals surface area contributed by atoms with Crippen LogP contribution in [0.3, 0.4) is 0 Å². The summed E-state index contributed by atoms with van der Waals surface area (Å²) in [6, 6.07) is 6.31. The molecule has 1 aromatic carbocycles. The van der Waals surface area contributed by atoms with Crippen LogP contribution in [0.5, 0.6) is 5.75 Å². The molecule has 1 aromatic rings. The Morgan fingerprint density at radius 3 is 2.82 bits per heavy atom. The van der Waals surface area contributed by atoms with Gasteiger partial charge < -0.3 is 20.3 Å². The second-order valence-electron chi connectivity index (χ2n) is 3.67. The minimum Gasteiger partial charge on any atom is -0.507 e. The van der Waals surface area contributed by atoms with Crippen LogP contribution in [-0.4, -0.2) is 42.5 Å². The number of phenols is 1. The Balaban J connectivity index is 2.38. The molecule has 5 nitrogen and oxygen atoms in total. The van der Waals surface area contributed by atoms with E-state index in [1.807, 2.05) is 0 Å². The molecule has 1 amide bonds. The van der Waals surface area contributed by atoms with Crippen molar-refractivity contribution in [3.63, 3.8) is 0 Å². The number of phenolic OH excluding ortho intramolecular Hbond substituents is 1. The number of benzene rings is 1. The number of methoxy groups -OCH3 is 1. The molecule has 5 heteroatoms. The van der Waals surface area contributed by atoms with E-state index in [2.05, 4.69) is 5.32 Å². The highest BCUT2D eigenvalue weighted by Crippen LogP contribution is 2.14. The van der Waals surface area contributed by atoms with Crippen LogP contribution in [0.15, 0.2) is 24.3 Å². The first kappa shape index (κ1) is 13.5. The number of para-hydroxylation sites is 1. The smallest absolute Gasteiger partial charge is 0.255 e. The van der Waals surface area contributed by atoms with Gasteiger partial charge in [0.05, 0.1) is 18.3 Å². The van der Waals surface area contributed by atoms with Crippen molar-refractivity contribution >= 4 is 5.91 Å². The van der Waals surface area contributed by atoms with Gasteiger partial charge in [-0.3, -0.25) is 4.79 Å². The molecule has 1 unspecified atom stereocenters. The van der Waals surface area contributed by atoms with Crippen molar-refractivity contribution in [2.75, 3.05) is 20.3 Å². The van der Waals surface area contributed by atoms with Gasteiger partial charge in [0.2, 0.25) is 0 Å². The molecule has 3 N–H and O–H groups in total. The van der Waals surface area contributed by atoms with Crippen molar-refractivity contribution in [3.8, 4) is 5.75 Å². The van der Waals surface area contributed by atoms with Gasteiger partial charge in [-0.15, -0.1) is 0 Å². The highest BCUT2D eigenvalue weighted by atomic mass is 16.5.